The molecule has 0 radical (unpaired) electrons. The predicted molar refractivity (Wildman–Crippen MR) is 109 cm³/mol. The van der Waals surface area contributed by atoms with Gasteiger partial charge in [0, 0.05) is 6.42 Å². The van der Waals surface area contributed by atoms with E-state index in [-0.39, 0.29) is 5.97 Å². The van der Waals surface area contributed by atoms with Crippen LogP contribution in [0.3, 0.4) is 0 Å². The van der Waals surface area contributed by atoms with E-state index in [1.165, 1.54) is 11.1 Å². The molecule has 0 atom stereocenters. The third-order valence-electron chi connectivity index (χ3n) is 4.18. The van der Waals surface area contributed by atoms with E-state index >= 15 is 0 Å². The number of halogens is 1. The summed E-state index contributed by atoms with van der Waals surface area (Å²) in [5.41, 5.74) is 2.49. The van der Waals surface area contributed by atoms with E-state index in [1.807, 2.05) is 30.3 Å². The SMILES string of the molecule is CC(C)c1ccc(OC(=O)CCCOc2ccc(C(C)C)cc2Br)cc1. The van der Waals surface area contributed by atoms with Crippen molar-refractivity contribution in [1.29, 1.82) is 0 Å². The van der Waals surface area contributed by atoms with Crippen molar-refractivity contribution in [3.05, 3.63) is 58.1 Å². The van der Waals surface area contributed by atoms with Gasteiger partial charge in [0.2, 0.25) is 0 Å². The van der Waals surface area contributed by atoms with E-state index in [2.05, 4.69) is 55.8 Å². The molecular formula is C22H27BrO3. The Morgan fingerprint density at radius 1 is 0.962 bits per heavy atom. The minimum Gasteiger partial charge on any atom is -0.492 e. The molecule has 0 aromatic heterocycles. The van der Waals surface area contributed by atoms with Crippen LogP contribution in [-0.2, 0) is 4.79 Å². The predicted octanol–water partition coefficient (Wildman–Crippen LogP) is 6.46. The highest BCUT2D eigenvalue weighted by molar-refractivity contribution is 9.10. The number of ether oxygens (including phenoxy) is 2. The summed E-state index contributed by atoms with van der Waals surface area (Å²) in [6, 6.07) is 13.8. The lowest BCUT2D eigenvalue weighted by molar-refractivity contribution is -0.134. The van der Waals surface area contributed by atoms with E-state index in [9.17, 15) is 4.79 Å². The van der Waals surface area contributed by atoms with Gasteiger partial charge in [0.05, 0.1) is 11.1 Å². The summed E-state index contributed by atoms with van der Waals surface area (Å²) < 4.78 is 12.1. The second kappa shape index (κ2) is 9.77. The summed E-state index contributed by atoms with van der Waals surface area (Å²) in [5.74, 6) is 2.09. The highest BCUT2D eigenvalue weighted by Crippen LogP contribution is 2.29. The standard InChI is InChI=1S/C22H27BrO3/c1-15(2)17-7-10-19(11-8-17)26-22(24)6-5-13-25-21-12-9-18(16(3)4)14-20(21)23/h7-12,14-16H,5-6,13H2,1-4H3. The molecule has 2 aromatic carbocycles. The van der Waals surface area contributed by atoms with Crippen LogP contribution < -0.4 is 9.47 Å². The van der Waals surface area contributed by atoms with Crippen molar-refractivity contribution in [1.82, 2.24) is 0 Å². The van der Waals surface area contributed by atoms with Gasteiger partial charge in [-0.3, -0.25) is 4.79 Å². The maximum absolute atomic E-state index is 11.9. The maximum Gasteiger partial charge on any atom is 0.311 e. The van der Waals surface area contributed by atoms with Gasteiger partial charge in [0.15, 0.2) is 0 Å². The van der Waals surface area contributed by atoms with Crippen LogP contribution in [0.15, 0.2) is 46.9 Å². The van der Waals surface area contributed by atoms with Gasteiger partial charge in [-0.05, 0) is 69.6 Å². The molecule has 2 rings (SSSR count). The molecule has 0 saturated carbocycles. The van der Waals surface area contributed by atoms with Crippen LogP contribution in [0.25, 0.3) is 0 Å². The Morgan fingerprint density at radius 3 is 2.15 bits per heavy atom. The van der Waals surface area contributed by atoms with Crippen LogP contribution in [0.1, 0.15) is 63.5 Å². The third kappa shape index (κ3) is 6.17. The van der Waals surface area contributed by atoms with Gasteiger partial charge in [-0.25, -0.2) is 0 Å². The summed E-state index contributed by atoms with van der Waals surface area (Å²) in [4.78, 5) is 11.9. The molecule has 3 nitrogen and oxygen atoms in total. The number of hydrogen-bond acceptors (Lipinski definition) is 3. The van der Waals surface area contributed by atoms with Gasteiger partial charge in [0.25, 0.3) is 0 Å². The van der Waals surface area contributed by atoms with Crippen molar-refractivity contribution < 1.29 is 14.3 Å². The van der Waals surface area contributed by atoms with Crippen molar-refractivity contribution in [2.75, 3.05) is 6.61 Å². The van der Waals surface area contributed by atoms with Gasteiger partial charge >= 0.3 is 5.97 Å². The van der Waals surface area contributed by atoms with Crippen molar-refractivity contribution >= 4 is 21.9 Å². The second-order valence-corrected chi connectivity index (χ2v) is 7.85. The number of benzene rings is 2. The van der Waals surface area contributed by atoms with E-state index in [4.69, 9.17) is 9.47 Å². The molecule has 0 aliphatic rings. The first-order valence-electron chi connectivity index (χ1n) is 9.09. The quantitative estimate of drug-likeness (QED) is 0.280. The summed E-state index contributed by atoms with van der Waals surface area (Å²) in [6.45, 7) is 9.06. The van der Waals surface area contributed by atoms with Crippen LogP contribution in [0.5, 0.6) is 11.5 Å². The van der Waals surface area contributed by atoms with E-state index in [0.717, 1.165) is 10.2 Å². The van der Waals surface area contributed by atoms with Crippen molar-refractivity contribution in [2.24, 2.45) is 0 Å². The molecule has 0 bridgehead atoms. The Bertz CT molecular complexity index is 721. The summed E-state index contributed by atoms with van der Waals surface area (Å²) in [6.07, 6.45) is 0.939. The average molecular weight is 419 g/mol. The summed E-state index contributed by atoms with van der Waals surface area (Å²) >= 11 is 3.54. The molecule has 2 aromatic rings. The zero-order valence-corrected chi connectivity index (χ0v) is 17.5. The first kappa shape index (κ1) is 20.5. The van der Waals surface area contributed by atoms with Crippen molar-refractivity contribution in [3.63, 3.8) is 0 Å². The van der Waals surface area contributed by atoms with E-state index in [0.29, 0.717) is 37.0 Å². The smallest absolute Gasteiger partial charge is 0.311 e. The first-order chi connectivity index (χ1) is 12.4. The van der Waals surface area contributed by atoms with Crippen LogP contribution in [0.2, 0.25) is 0 Å². The number of esters is 1. The molecule has 0 saturated heterocycles. The maximum atomic E-state index is 11.9. The van der Waals surface area contributed by atoms with Gasteiger partial charge in [0.1, 0.15) is 11.5 Å². The van der Waals surface area contributed by atoms with Crippen LogP contribution in [0, 0.1) is 0 Å². The number of hydrogen-bond donors (Lipinski definition) is 0. The van der Waals surface area contributed by atoms with Crippen molar-refractivity contribution in [3.8, 4) is 11.5 Å². The monoisotopic (exact) mass is 418 g/mol. The first-order valence-corrected chi connectivity index (χ1v) is 9.89. The molecule has 0 aliphatic carbocycles. The fourth-order valence-corrected chi connectivity index (χ4v) is 3.01. The fourth-order valence-electron chi connectivity index (χ4n) is 2.50. The Hall–Kier alpha value is -1.81. The number of carbonyl (C=O) groups excluding carboxylic acids is 1. The molecule has 0 amide bonds. The van der Waals surface area contributed by atoms with Gasteiger partial charge in [-0.1, -0.05) is 45.9 Å². The van der Waals surface area contributed by atoms with Crippen LogP contribution in [0.4, 0.5) is 0 Å². The Morgan fingerprint density at radius 2 is 1.58 bits per heavy atom. The van der Waals surface area contributed by atoms with Gasteiger partial charge < -0.3 is 9.47 Å². The minimum atomic E-state index is -0.236. The average Bonchev–Trinajstić information content (AvgIpc) is 2.60. The zero-order valence-electron chi connectivity index (χ0n) is 15.9. The molecule has 0 aliphatic heterocycles. The number of rotatable bonds is 8. The highest BCUT2D eigenvalue weighted by Gasteiger charge is 2.08. The van der Waals surface area contributed by atoms with Crippen molar-refractivity contribution in [2.45, 2.75) is 52.4 Å². The molecule has 26 heavy (non-hydrogen) atoms. The molecule has 0 N–H and O–H groups in total. The third-order valence-corrected chi connectivity index (χ3v) is 4.80. The minimum absolute atomic E-state index is 0.236. The molecule has 0 fully saturated rings. The normalized spacial score (nSPS) is 11.0. The molecule has 0 heterocycles. The Labute approximate surface area is 164 Å². The van der Waals surface area contributed by atoms with Gasteiger partial charge in [-0.15, -0.1) is 0 Å². The van der Waals surface area contributed by atoms with E-state index in [1.54, 1.807) is 0 Å². The lowest BCUT2D eigenvalue weighted by Gasteiger charge is -2.11. The fraction of sp³-hybridized carbons (Fsp3) is 0.409. The molecule has 140 valence electrons. The Kier molecular flexibility index (Phi) is 7.70. The topological polar surface area (TPSA) is 35.5 Å². The molecule has 0 unspecified atom stereocenters. The Balaban J connectivity index is 1.75. The lowest BCUT2D eigenvalue weighted by atomic mass is 10.0. The molecule has 0 spiro atoms. The van der Waals surface area contributed by atoms with Crippen LogP contribution >= 0.6 is 15.9 Å². The lowest BCUT2D eigenvalue weighted by Crippen LogP contribution is -2.10. The molecule has 4 heteroatoms. The largest absolute Gasteiger partial charge is 0.492 e. The highest BCUT2D eigenvalue weighted by atomic mass is 79.9. The zero-order chi connectivity index (χ0) is 19.1. The van der Waals surface area contributed by atoms with E-state index < -0.39 is 0 Å². The summed E-state index contributed by atoms with van der Waals surface area (Å²) in [7, 11) is 0. The summed E-state index contributed by atoms with van der Waals surface area (Å²) in [5, 5.41) is 0. The number of carbonyl (C=O) groups is 1. The van der Waals surface area contributed by atoms with Gasteiger partial charge in [-0.2, -0.15) is 0 Å². The second-order valence-electron chi connectivity index (χ2n) is 6.99. The molecular weight excluding hydrogens is 392 g/mol. The van der Waals surface area contributed by atoms with Crippen LogP contribution in [-0.4, -0.2) is 12.6 Å².